The number of nitrogens with two attached hydrogens (primary N) is 1. The molecule has 11 heavy (non-hydrogen) atoms. The fourth-order valence-electron chi connectivity index (χ4n) is 0.817. The standard InChI is InChI=1S/C8H19N3/c1-8(2,3)6(9)7(10-4)11-5/h6H,9H2,1-5H3,(H,10,11)/t6-/m1/s1. The number of hydrogen-bond donors (Lipinski definition) is 2. The normalized spacial score (nSPS) is 16.4. The number of rotatable bonds is 1. The van der Waals surface area contributed by atoms with Crippen LogP contribution in [0.1, 0.15) is 20.8 Å². The van der Waals surface area contributed by atoms with Gasteiger partial charge in [-0.2, -0.15) is 0 Å². The highest BCUT2D eigenvalue weighted by Gasteiger charge is 2.24. The van der Waals surface area contributed by atoms with Crippen LogP contribution in [0.25, 0.3) is 0 Å². The van der Waals surface area contributed by atoms with Crippen molar-refractivity contribution in [3.8, 4) is 0 Å². The molecule has 1 atom stereocenters. The van der Waals surface area contributed by atoms with Crippen LogP contribution in [-0.2, 0) is 0 Å². The van der Waals surface area contributed by atoms with Crippen molar-refractivity contribution in [2.24, 2.45) is 16.1 Å². The Balaban J connectivity index is 4.34. The maximum Gasteiger partial charge on any atom is 0.113 e. The van der Waals surface area contributed by atoms with Crippen LogP contribution in [0.4, 0.5) is 0 Å². The lowest BCUT2D eigenvalue weighted by Gasteiger charge is -2.27. The summed E-state index contributed by atoms with van der Waals surface area (Å²) >= 11 is 0. The van der Waals surface area contributed by atoms with E-state index >= 15 is 0 Å². The zero-order chi connectivity index (χ0) is 9.07. The van der Waals surface area contributed by atoms with E-state index in [2.05, 4.69) is 31.1 Å². The lowest BCUT2D eigenvalue weighted by Crippen LogP contribution is -2.47. The average molecular weight is 157 g/mol. The number of nitrogens with zero attached hydrogens (tertiary/aromatic N) is 1. The quantitative estimate of drug-likeness (QED) is 0.433. The number of aliphatic imine (C=N–C) groups is 1. The third kappa shape index (κ3) is 2.89. The molecule has 0 aromatic carbocycles. The molecule has 3 N–H and O–H groups in total. The second-order valence-electron chi connectivity index (χ2n) is 3.70. The highest BCUT2D eigenvalue weighted by atomic mass is 15.0. The van der Waals surface area contributed by atoms with Crippen LogP contribution in [0.3, 0.4) is 0 Å². The Kier molecular flexibility index (Phi) is 3.52. The summed E-state index contributed by atoms with van der Waals surface area (Å²) in [5, 5.41) is 2.98. The zero-order valence-electron chi connectivity index (χ0n) is 8.10. The molecule has 3 heteroatoms. The van der Waals surface area contributed by atoms with Crippen LogP contribution in [-0.4, -0.2) is 26.0 Å². The number of amidine groups is 1. The smallest absolute Gasteiger partial charge is 0.113 e. The van der Waals surface area contributed by atoms with Gasteiger partial charge >= 0.3 is 0 Å². The molecule has 66 valence electrons. The fourth-order valence-corrected chi connectivity index (χ4v) is 0.817. The second-order valence-corrected chi connectivity index (χ2v) is 3.70. The molecular formula is C8H19N3. The maximum absolute atomic E-state index is 5.92. The van der Waals surface area contributed by atoms with Gasteiger partial charge in [-0.3, -0.25) is 4.99 Å². The Labute approximate surface area is 69.1 Å². The van der Waals surface area contributed by atoms with Crippen molar-refractivity contribution in [3.63, 3.8) is 0 Å². The molecule has 0 unspecified atom stereocenters. The van der Waals surface area contributed by atoms with Crippen molar-refractivity contribution in [3.05, 3.63) is 0 Å². The minimum Gasteiger partial charge on any atom is -0.376 e. The van der Waals surface area contributed by atoms with Gasteiger partial charge in [0, 0.05) is 14.1 Å². The van der Waals surface area contributed by atoms with Gasteiger partial charge in [-0.05, 0) is 5.41 Å². The minimum atomic E-state index is -0.0162. The SMILES string of the molecule is CN=C(NC)[C@@H](N)C(C)(C)C. The Hall–Kier alpha value is -0.570. The number of nitrogens with one attached hydrogen (secondary N) is 1. The van der Waals surface area contributed by atoms with Crippen LogP contribution >= 0.6 is 0 Å². The first kappa shape index (κ1) is 10.4. The van der Waals surface area contributed by atoms with Gasteiger partial charge in [0.1, 0.15) is 5.84 Å². The summed E-state index contributed by atoms with van der Waals surface area (Å²) in [4.78, 5) is 4.05. The minimum absolute atomic E-state index is 0.0162. The van der Waals surface area contributed by atoms with E-state index in [-0.39, 0.29) is 11.5 Å². The van der Waals surface area contributed by atoms with Gasteiger partial charge in [-0.1, -0.05) is 20.8 Å². The third-order valence-corrected chi connectivity index (χ3v) is 1.72. The molecule has 0 spiro atoms. The van der Waals surface area contributed by atoms with E-state index in [4.69, 9.17) is 5.73 Å². The van der Waals surface area contributed by atoms with Crippen LogP contribution in [0.5, 0.6) is 0 Å². The van der Waals surface area contributed by atoms with Gasteiger partial charge in [0.15, 0.2) is 0 Å². The summed E-state index contributed by atoms with van der Waals surface area (Å²) in [6, 6.07) is -0.0162. The molecule has 0 heterocycles. The lowest BCUT2D eigenvalue weighted by molar-refractivity contribution is 0.377. The Morgan fingerprint density at radius 3 is 2.00 bits per heavy atom. The molecule has 0 aromatic rings. The van der Waals surface area contributed by atoms with Crippen LogP contribution in [0.15, 0.2) is 4.99 Å². The topological polar surface area (TPSA) is 50.4 Å². The summed E-state index contributed by atoms with van der Waals surface area (Å²) in [5.41, 5.74) is 5.99. The monoisotopic (exact) mass is 157 g/mol. The van der Waals surface area contributed by atoms with E-state index in [0.29, 0.717) is 0 Å². The molecule has 0 aliphatic heterocycles. The summed E-state index contributed by atoms with van der Waals surface area (Å²) in [6.07, 6.45) is 0. The molecular weight excluding hydrogens is 138 g/mol. The number of hydrogen-bond acceptors (Lipinski definition) is 2. The van der Waals surface area contributed by atoms with Gasteiger partial charge in [-0.15, -0.1) is 0 Å². The molecule has 0 fully saturated rings. The molecule has 0 amide bonds. The highest BCUT2D eigenvalue weighted by Crippen LogP contribution is 2.17. The molecule has 0 saturated heterocycles. The van der Waals surface area contributed by atoms with Crippen molar-refractivity contribution >= 4 is 5.84 Å². The summed E-state index contributed by atoms with van der Waals surface area (Å²) in [7, 11) is 3.59. The lowest BCUT2D eigenvalue weighted by atomic mass is 9.86. The van der Waals surface area contributed by atoms with Crippen molar-refractivity contribution < 1.29 is 0 Å². The van der Waals surface area contributed by atoms with Crippen molar-refractivity contribution in [2.75, 3.05) is 14.1 Å². The van der Waals surface area contributed by atoms with Crippen molar-refractivity contribution in [2.45, 2.75) is 26.8 Å². The van der Waals surface area contributed by atoms with E-state index in [0.717, 1.165) is 5.84 Å². The molecule has 0 aromatic heterocycles. The fraction of sp³-hybridized carbons (Fsp3) is 0.875. The molecule has 0 radical (unpaired) electrons. The van der Waals surface area contributed by atoms with Crippen LogP contribution < -0.4 is 11.1 Å². The highest BCUT2D eigenvalue weighted by molar-refractivity contribution is 5.87. The molecule has 0 bridgehead atoms. The summed E-state index contributed by atoms with van der Waals surface area (Å²) in [6.45, 7) is 6.29. The van der Waals surface area contributed by atoms with E-state index in [1.807, 2.05) is 7.05 Å². The number of likely N-dealkylation sites (N-methyl/N-ethyl adjacent to an activating group) is 1. The van der Waals surface area contributed by atoms with Crippen molar-refractivity contribution in [1.82, 2.24) is 5.32 Å². The average Bonchev–Trinajstić information content (AvgIpc) is 1.88. The molecule has 0 saturated carbocycles. The first-order valence-corrected chi connectivity index (χ1v) is 3.83. The zero-order valence-corrected chi connectivity index (χ0v) is 8.10. The largest absolute Gasteiger partial charge is 0.376 e. The Morgan fingerprint density at radius 2 is 1.91 bits per heavy atom. The molecule has 3 nitrogen and oxygen atoms in total. The van der Waals surface area contributed by atoms with Gasteiger partial charge in [0.05, 0.1) is 6.04 Å². The van der Waals surface area contributed by atoms with Crippen molar-refractivity contribution in [1.29, 1.82) is 0 Å². The predicted octanol–water partition coefficient (Wildman–Crippen LogP) is 0.607. The molecule has 0 aliphatic rings. The van der Waals surface area contributed by atoms with Crippen LogP contribution in [0.2, 0.25) is 0 Å². The third-order valence-electron chi connectivity index (χ3n) is 1.72. The van der Waals surface area contributed by atoms with E-state index < -0.39 is 0 Å². The Bertz CT molecular complexity index is 144. The molecule has 0 rings (SSSR count). The van der Waals surface area contributed by atoms with E-state index in [9.17, 15) is 0 Å². The van der Waals surface area contributed by atoms with Crippen LogP contribution in [0, 0.1) is 5.41 Å². The first-order chi connectivity index (χ1) is 4.93. The van der Waals surface area contributed by atoms with E-state index in [1.165, 1.54) is 0 Å². The van der Waals surface area contributed by atoms with Gasteiger partial charge in [0.2, 0.25) is 0 Å². The van der Waals surface area contributed by atoms with Gasteiger partial charge in [-0.25, -0.2) is 0 Å². The van der Waals surface area contributed by atoms with E-state index in [1.54, 1.807) is 7.05 Å². The summed E-state index contributed by atoms with van der Waals surface area (Å²) < 4.78 is 0. The predicted molar refractivity (Wildman–Crippen MR) is 49.8 cm³/mol. The first-order valence-electron chi connectivity index (χ1n) is 3.83. The van der Waals surface area contributed by atoms with Gasteiger partial charge in [0.25, 0.3) is 0 Å². The summed E-state index contributed by atoms with van der Waals surface area (Å²) in [5.74, 6) is 0.859. The molecule has 0 aliphatic carbocycles. The Morgan fingerprint density at radius 1 is 1.45 bits per heavy atom. The second kappa shape index (κ2) is 3.72. The van der Waals surface area contributed by atoms with Gasteiger partial charge < -0.3 is 11.1 Å². The maximum atomic E-state index is 5.92.